The van der Waals surface area contributed by atoms with Crippen molar-refractivity contribution in [2.45, 2.75) is 12.8 Å². The summed E-state index contributed by atoms with van der Waals surface area (Å²) in [4.78, 5) is 25.6. The highest BCUT2D eigenvalue weighted by molar-refractivity contribution is 7.92. The average Bonchev–Trinajstić information content (AvgIpc) is 2.63. The van der Waals surface area contributed by atoms with E-state index in [9.17, 15) is 18.0 Å². The minimum absolute atomic E-state index is 0.0811. The van der Waals surface area contributed by atoms with E-state index < -0.39 is 21.5 Å². The third-order valence-corrected chi connectivity index (χ3v) is 5.95. The first kappa shape index (κ1) is 21.9. The summed E-state index contributed by atoms with van der Waals surface area (Å²) in [6, 6.07) is 14.0. The van der Waals surface area contributed by atoms with Crippen LogP contribution in [0.15, 0.2) is 48.5 Å². The molecular formula is C20H23ClN2O4S. The van der Waals surface area contributed by atoms with E-state index in [0.29, 0.717) is 18.4 Å². The van der Waals surface area contributed by atoms with Gasteiger partial charge in [0, 0.05) is 19.7 Å². The van der Waals surface area contributed by atoms with Gasteiger partial charge < -0.3 is 10.2 Å². The SMILES string of the molecule is CN(C)C(=O)c1ccc(Cl)c(NC(=O)CS(=O)(=O)CCCc2ccccc2)c1. The first-order valence-electron chi connectivity index (χ1n) is 8.73. The summed E-state index contributed by atoms with van der Waals surface area (Å²) in [5, 5.41) is 2.71. The molecule has 0 spiro atoms. The van der Waals surface area contributed by atoms with Crippen molar-refractivity contribution in [1.82, 2.24) is 4.90 Å². The van der Waals surface area contributed by atoms with E-state index in [0.717, 1.165) is 5.56 Å². The third-order valence-electron chi connectivity index (χ3n) is 4.01. The fourth-order valence-electron chi connectivity index (χ4n) is 2.61. The van der Waals surface area contributed by atoms with Crippen molar-refractivity contribution in [2.75, 3.05) is 30.9 Å². The van der Waals surface area contributed by atoms with E-state index in [1.807, 2.05) is 30.3 Å². The number of nitrogens with one attached hydrogen (secondary N) is 1. The van der Waals surface area contributed by atoms with Crippen molar-refractivity contribution < 1.29 is 18.0 Å². The summed E-state index contributed by atoms with van der Waals surface area (Å²) < 4.78 is 24.4. The number of hydrogen-bond donors (Lipinski definition) is 1. The van der Waals surface area contributed by atoms with Crippen molar-refractivity contribution in [2.24, 2.45) is 0 Å². The number of rotatable bonds is 8. The standard InChI is InChI=1S/C20H23ClN2O4S/c1-23(2)20(25)16-10-11-17(21)18(13-16)22-19(24)14-28(26,27)12-6-9-15-7-4-3-5-8-15/h3-5,7-8,10-11,13H,6,9,12,14H2,1-2H3,(H,22,24). The Labute approximate surface area is 170 Å². The average molecular weight is 423 g/mol. The van der Waals surface area contributed by atoms with Crippen LogP contribution in [0.2, 0.25) is 5.02 Å². The third kappa shape index (κ3) is 6.65. The summed E-state index contributed by atoms with van der Waals surface area (Å²) in [5.41, 5.74) is 1.60. The van der Waals surface area contributed by atoms with Gasteiger partial charge in [0.25, 0.3) is 5.91 Å². The van der Waals surface area contributed by atoms with Gasteiger partial charge >= 0.3 is 0 Å². The van der Waals surface area contributed by atoms with Crippen LogP contribution in [0.25, 0.3) is 0 Å². The Kier molecular flexibility index (Phi) is 7.60. The van der Waals surface area contributed by atoms with Crippen LogP contribution in [0.1, 0.15) is 22.3 Å². The molecule has 2 amide bonds. The Morgan fingerprint density at radius 2 is 1.75 bits per heavy atom. The first-order chi connectivity index (χ1) is 13.2. The normalized spacial score (nSPS) is 11.1. The lowest BCUT2D eigenvalue weighted by molar-refractivity contribution is -0.113. The van der Waals surface area contributed by atoms with Gasteiger partial charge in [-0.15, -0.1) is 0 Å². The van der Waals surface area contributed by atoms with Crippen LogP contribution in [0.5, 0.6) is 0 Å². The molecule has 0 atom stereocenters. The molecule has 0 saturated heterocycles. The minimum atomic E-state index is -3.55. The second-order valence-corrected chi connectivity index (χ2v) is 9.21. The molecule has 0 saturated carbocycles. The quantitative estimate of drug-likeness (QED) is 0.708. The molecule has 1 N–H and O–H groups in total. The Morgan fingerprint density at radius 1 is 1.07 bits per heavy atom. The van der Waals surface area contributed by atoms with Crippen LogP contribution in [-0.4, -0.2) is 50.7 Å². The predicted octanol–water partition coefficient (Wildman–Crippen LogP) is 3.03. The second-order valence-electron chi connectivity index (χ2n) is 6.62. The lowest BCUT2D eigenvalue weighted by Gasteiger charge is -2.13. The molecule has 0 aromatic heterocycles. The second kappa shape index (κ2) is 9.71. The fourth-order valence-corrected chi connectivity index (χ4v) is 3.98. The zero-order chi connectivity index (χ0) is 20.7. The number of halogens is 1. The maximum absolute atomic E-state index is 12.2. The summed E-state index contributed by atoms with van der Waals surface area (Å²) in [5.74, 6) is -1.65. The van der Waals surface area contributed by atoms with Gasteiger partial charge in [0.1, 0.15) is 5.75 Å². The molecule has 0 radical (unpaired) electrons. The van der Waals surface area contributed by atoms with Gasteiger partial charge in [-0.25, -0.2) is 8.42 Å². The number of sulfone groups is 1. The van der Waals surface area contributed by atoms with Crippen molar-refractivity contribution in [1.29, 1.82) is 0 Å². The molecule has 6 nitrogen and oxygen atoms in total. The Bertz CT molecular complexity index is 944. The Morgan fingerprint density at radius 3 is 2.39 bits per heavy atom. The number of aryl methyl sites for hydroxylation is 1. The van der Waals surface area contributed by atoms with Crippen LogP contribution in [0.4, 0.5) is 5.69 Å². The van der Waals surface area contributed by atoms with Crippen molar-refractivity contribution in [3.63, 3.8) is 0 Å². The van der Waals surface area contributed by atoms with Gasteiger partial charge in [0.2, 0.25) is 5.91 Å². The molecule has 0 bridgehead atoms. The molecule has 8 heteroatoms. The Hall–Kier alpha value is -2.38. The van der Waals surface area contributed by atoms with Gasteiger partial charge in [-0.1, -0.05) is 41.9 Å². The topological polar surface area (TPSA) is 83.6 Å². The molecule has 0 aliphatic heterocycles. The summed E-state index contributed by atoms with van der Waals surface area (Å²) in [7, 11) is -0.337. The molecule has 2 aromatic carbocycles. The van der Waals surface area contributed by atoms with Gasteiger partial charge in [0.15, 0.2) is 9.84 Å². The molecule has 0 heterocycles. The van der Waals surface area contributed by atoms with Crippen molar-refractivity contribution in [3.8, 4) is 0 Å². The number of amides is 2. The van der Waals surface area contributed by atoms with Crippen LogP contribution >= 0.6 is 11.6 Å². The first-order valence-corrected chi connectivity index (χ1v) is 10.9. The maximum atomic E-state index is 12.2. The van der Waals surface area contributed by atoms with Gasteiger partial charge in [0.05, 0.1) is 16.5 Å². The highest BCUT2D eigenvalue weighted by Gasteiger charge is 2.18. The molecule has 28 heavy (non-hydrogen) atoms. The van der Waals surface area contributed by atoms with E-state index in [1.54, 1.807) is 20.2 Å². The van der Waals surface area contributed by atoms with Crippen LogP contribution in [0, 0.1) is 0 Å². The summed E-state index contributed by atoms with van der Waals surface area (Å²) in [6.07, 6.45) is 1.06. The van der Waals surface area contributed by atoms with E-state index >= 15 is 0 Å². The van der Waals surface area contributed by atoms with Crippen LogP contribution in [0.3, 0.4) is 0 Å². The number of benzene rings is 2. The largest absolute Gasteiger partial charge is 0.345 e. The number of hydrogen-bond acceptors (Lipinski definition) is 4. The number of carbonyl (C=O) groups is 2. The molecule has 150 valence electrons. The van der Waals surface area contributed by atoms with Crippen molar-refractivity contribution >= 4 is 38.9 Å². The molecule has 0 fully saturated rings. The van der Waals surface area contributed by atoms with E-state index in [1.165, 1.54) is 17.0 Å². The fraction of sp³-hybridized carbons (Fsp3) is 0.300. The molecule has 2 aromatic rings. The zero-order valence-corrected chi connectivity index (χ0v) is 17.4. The number of anilines is 1. The zero-order valence-electron chi connectivity index (χ0n) is 15.8. The summed E-state index contributed by atoms with van der Waals surface area (Å²) in [6.45, 7) is 0. The highest BCUT2D eigenvalue weighted by Crippen LogP contribution is 2.23. The molecule has 2 rings (SSSR count). The monoisotopic (exact) mass is 422 g/mol. The predicted molar refractivity (Wildman–Crippen MR) is 112 cm³/mol. The number of carbonyl (C=O) groups excluding carboxylic acids is 2. The van der Waals surface area contributed by atoms with Gasteiger partial charge in [-0.2, -0.15) is 0 Å². The Balaban J connectivity index is 1.95. The number of nitrogens with zero attached hydrogens (tertiary/aromatic N) is 1. The van der Waals surface area contributed by atoms with Crippen molar-refractivity contribution in [3.05, 3.63) is 64.7 Å². The van der Waals surface area contributed by atoms with E-state index in [4.69, 9.17) is 11.6 Å². The minimum Gasteiger partial charge on any atom is -0.345 e. The highest BCUT2D eigenvalue weighted by atomic mass is 35.5. The lowest BCUT2D eigenvalue weighted by Crippen LogP contribution is -2.25. The van der Waals surface area contributed by atoms with E-state index in [2.05, 4.69) is 5.32 Å². The van der Waals surface area contributed by atoms with Gasteiger partial charge in [-0.3, -0.25) is 9.59 Å². The molecule has 0 aliphatic rings. The maximum Gasteiger partial charge on any atom is 0.253 e. The molecule has 0 unspecified atom stereocenters. The van der Waals surface area contributed by atoms with Gasteiger partial charge in [-0.05, 0) is 36.6 Å². The van der Waals surface area contributed by atoms with E-state index in [-0.39, 0.29) is 22.4 Å². The van der Waals surface area contributed by atoms with Crippen LogP contribution < -0.4 is 5.32 Å². The molecule has 0 aliphatic carbocycles. The molecular weight excluding hydrogens is 400 g/mol. The summed E-state index contributed by atoms with van der Waals surface area (Å²) >= 11 is 6.06. The lowest BCUT2D eigenvalue weighted by atomic mass is 10.1. The smallest absolute Gasteiger partial charge is 0.253 e. The van der Waals surface area contributed by atoms with Crippen LogP contribution in [-0.2, 0) is 21.1 Å².